The Morgan fingerprint density at radius 2 is 2.35 bits per heavy atom. The van der Waals surface area contributed by atoms with Crippen molar-refractivity contribution in [2.75, 3.05) is 13.6 Å². The van der Waals surface area contributed by atoms with E-state index < -0.39 is 30.8 Å². The van der Waals surface area contributed by atoms with Crippen LogP contribution in [0.5, 0.6) is 0 Å². The molecule has 96 valence electrons. The van der Waals surface area contributed by atoms with E-state index in [0.717, 1.165) is 0 Å². The van der Waals surface area contributed by atoms with E-state index >= 15 is 0 Å². The molecule has 1 fully saturated rings. The molecule has 2 heterocycles. The van der Waals surface area contributed by atoms with E-state index in [1.54, 1.807) is 0 Å². The standard InChI is InChI=1S/C8H10F2N4O2.ClH/c1-11-6(15)5-13-7(16-14-5)4-2-8(9,10)3-12-4;/h4,12H,2-3H2,1H3,(H,11,15);1H/t4-;/m0./s1. The van der Waals surface area contributed by atoms with E-state index in [1.807, 2.05) is 0 Å². The van der Waals surface area contributed by atoms with Crippen LogP contribution in [0.3, 0.4) is 0 Å². The maximum Gasteiger partial charge on any atom is 0.292 e. The smallest absolute Gasteiger partial charge is 0.292 e. The van der Waals surface area contributed by atoms with Gasteiger partial charge in [0.25, 0.3) is 17.7 Å². The number of amides is 1. The summed E-state index contributed by atoms with van der Waals surface area (Å²) in [4.78, 5) is 14.8. The zero-order chi connectivity index (χ0) is 11.8. The van der Waals surface area contributed by atoms with Crippen molar-refractivity contribution in [1.82, 2.24) is 20.8 Å². The molecule has 0 aliphatic carbocycles. The van der Waals surface area contributed by atoms with Gasteiger partial charge in [-0.2, -0.15) is 4.98 Å². The molecule has 1 aliphatic rings. The number of nitrogens with zero attached hydrogens (tertiary/aromatic N) is 2. The van der Waals surface area contributed by atoms with Gasteiger partial charge >= 0.3 is 0 Å². The predicted octanol–water partition coefficient (Wildman–Crippen LogP) is 0.521. The van der Waals surface area contributed by atoms with Crippen LogP contribution in [0, 0.1) is 0 Å². The Morgan fingerprint density at radius 1 is 1.65 bits per heavy atom. The van der Waals surface area contributed by atoms with Gasteiger partial charge in [0.05, 0.1) is 12.6 Å². The van der Waals surface area contributed by atoms with Gasteiger partial charge in [-0.3, -0.25) is 10.1 Å². The number of hydrogen-bond donors (Lipinski definition) is 2. The number of alkyl halides is 2. The highest BCUT2D eigenvalue weighted by molar-refractivity contribution is 5.89. The number of aromatic nitrogens is 2. The fourth-order valence-corrected chi connectivity index (χ4v) is 1.47. The number of carbonyl (C=O) groups excluding carboxylic acids is 1. The van der Waals surface area contributed by atoms with E-state index in [2.05, 4.69) is 20.8 Å². The molecule has 0 saturated carbocycles. The quantitative estimate of drug-likeness (QED) is 0.817. The fraction of sp³-hybridized carbons (Fsp3) is 0.625. The molecule has 0 radical (unpaired) electrons. The zero-order valence-electron chi connectivity index (χ0n) is 8.87. The van der Waals surface area contributed by atoms with Crippen molar-refractivity contribution in [3.63, 3.8) is 0 Å². The SMILES string of the molecule is CNC(=O)c1noc([C@@H]2CC(F)(F)CN2)n1.Cl. The molecule has 9 heteroatoms. The van der Waals surface area contributed by atoms with Gasteiger partial charge in [0, 0.05) is 13.5 Å². The number of hydrogen-bond acceptors (Lipinski definition) is 5. The monoisotopic (exact) mass is 268 g/mol. The lowest BCUT2D eigenvalue weighted by Gasteiger charge is -2.04. The van der Waals surface area contributed by atoms with E-state index in [-0.39, 0.29) is 24.1 Å². The topological polar surface area (TPSA) is 80.0 Å². The Labute approximate surface area is 102 Å². The minimum absolute atomic E-state index is 0. The normalized spacial score (nSPS) is 21.9. The first-order chi connectivity index (χ1) is 7.52. The van der Waals surface area contributed by atoms with Crippen molar-refractivity contribution in [3.8, 4) is 0 Å². The van der Waals surface area contributed by atoms with Crippen LogP contribution < -0.4 is 10.6 Å². The summed E-state index contributed by atoms with van der Waals surface area (Å²) >= 11 is 0. The van der Waals surface area contributed by atoms with Crippen molar-refractivity contribution in [2.45, 2.75) is 18.4 Å². The first-order valence-electron chi connectivity index (χ1n) is 4.69. The van der Waals surface area contributed by atoms with Crippen LogP contribution in [-0.2, 0) is 0 Å². The van der Waals surface area contributed by atoms with Gasteiger partial charge in [0.2, 0.25) is 5.89 Å². The van der Waals surface area contributed by atoms with Crippen LogP contribution in [0.2, 0.25) is 0 Å². The second-order valence-electron chi connectivity index (χ2n) is 3.53. The molecule has 0 spiro atoms. The van der Waals surface area contributed by atoms with Crippen LogP contribution in [0.4, 0.5) is 8.78 Å². The third-order valence-corrected chi connectivity index (χ3v) is 2.28. The van der Waals surface area contributed by atoms with Gasteiger partial charge in [-0.15, -0.1) is 12.4 Å². The average Bonchev–Trinajstić information content (AvgIpc) is 2.83. The fourth-order valence-electron chi connectivity index (χ4n) is 1.47. The molecule has 1 amide bonds. The highest BCUT2D eigenvalue weighted by Gasteiger charge is 2.42. The van der Waals surface area contributed by atoms with Gasteiger partial charge in [-0.25, -0.2) is 8.78 Å². The summed E-state index contributed by atoms with van der Waals surface area (Å²) in [6.07, 6.45) is -0.400. The van der Waals surface area contributed by atoms with Crippen molar-refractivity contribution >= 4 is 18.3 Å². The zero-order valence-corrected chi connectivity index (χ0v) is 9.68. The molecule has 0 unspecified atom stereocenters. The number of carbonyl (C=O) groups is 1. The molecular formula is C8H11ClF2N4O2. The Kier molecular flexibility index (Phi) is 3.99. The highest BCUT2D eigenvalue weighted by atomic mass is 35.5. The van der Waals surface area contributed by atoms with E-state index in [4.69, 9.17) is 4.52 Å². The lowest BCUT2D eigenvalue weighted by Crippen LogP contribution is -2.20. The van der Waals surface area contributed by atoms with Gasteiger partial charge < -0.3 is 9.84 Å². The Balaban J connectivity index is 0.00000144. The van der Waals surface area contributed by atoms with Crippen molar-refractivity contribution in [2.24, 2.45) is 0 Å². The second-order valence-corrected chi connectivity index (χ2v) is 3.53. The first kappa shape index (κ1) is 13.8. The van der Waals surface area contributed by atoms with Crippen molar-refractivity contribution < 1.29 is 18.1 Å². The van der Waals surface area contributed by atoms with E-state index in [9.17, 15) is 13.6 Å². The summed E-state index contributed by atoms with van der Waals surface area (Å²) in [5, 5.41) is 8.26. The van der Waals surface area contributed by atoms with Gasteiger partial charge in [-0.1, -0.05) is 5.16 Å². The van der Waals surface area contributed by atoms with Crippen molar-refractivity contribution in [1.29, 1.82) is 0 Å². The minimum Gasteiger partial charge on any atom is -0.352 e. The molecule has 1 aromatic heterocycles. The summed E-state index contributed by atoms with van der Waals surface area (Å²) in [5.74, 6) is -3.43. The summed E-state index contributed by atoms with van der Waals surface area (Å²) in [6, 6.07) is -0.694. The summed E-state index contributed by atoms with van der Waals surface area (Å²) in [6.45, 7) is -0.421. The van der Waals surface area contributed by atoms with Crippen LogP contribution in [0.25, 0.3) is 0 Å². The average molecular weight is 269 g/mol. The van der Waals surface area contributed by atoms with Gasteiger partial charge in [-0.05, 0) is 0 Å². The molecule has 1 aromatic rings. The maximum absolute atomic E-state index is 12.9. The van der Waals surface area contributed by atoms with E-state index in [0.29, 0.717) is 0 Å². The second kappa shape index (κ2) is 4.92. The largest absolute Gasteiger partial charge is 0.352 e. The lowest BCUT2D eigenvalue weighted by molar-refractivity contribution is 0.0200. The summed E-state index contributed by atoms with van der Waals surface area (Å²) < 4.78 is 30.5. The number of nitrogens with one attached hydrogen (secondary N) is 2. The third-order valence-electron chi connectivity index (χ3n) is 2.28. The van der Waals surface area contributed by atoms with Crippen LogP contribution in [0.1, 0.15) is 29.0 Å². The highest BCUT2D eigenvalue weighted by Crippen LogP contribution is 2.32. The third kappa shape index (κ3) is 2.89. The summed E-state index contributed by atoms with van der Waals surface area (Å²) in [5.41, 5.74) is 0. The Morgan fingerprint density at radius 3 is 2.88 bits per heavy atom. The van der Waals surface area contributed by atoms with E-state index in [1.165, 1.54) is 7.05 Å². The molecule has 2 N–H and O–H groups in total. The molecule has 6 nitrogen and oxygen atoms in total. The van der Waals surface area contributed by atoms with Crippen LogP contribution in [-0.4, -0.2) is 35.6 Å². The molecule has 1 saturated heterocycles. The van der Waals surface area contributed by atoms with Crippen molar-refractivity contribution in [3.05, 3.63) is 11.7 Å². The number of rotatable bonds is 2. The molecule has 17 heavy (non-hydrogen) atoms. The first-order valence-corrected chi connectivity index (χ1v) is 4.69. The molecular weight excluding hydrogens is 258 g/mol. The Bertz CT molecular complexity index is 412. The minimum atomic E-state index is -2.77. The molecule has 2 rings (SSSR count). The molecule has 0 aromatic carbocycles. The molecule has 1 aliphatic heterocycles. The van der Waals surface area contributed by atoms with Gasteiger partial charge in [0.1, 0.15) is 0 Å². The molecule has 1 atom stereocenters. The van der Waals surface area contributed by atoms with Crippen LogP contribution >= 0.6 is 12.4 Å². The van der Waals surface area contributed by atoms with Gasteiger partial charge in [0.15, 0.2) is 0 Å². The Hall–Kier alpha value is -1.28. The predicted molar refractivity (Wildman–Crippen MR) is 55.2 cm³/mol. The summed E-state index contributed by atoms with van der Waals surface area (Å²) in [7, 11) is 1.42. The maximum atomic E-state index is 12.9. The molecule has 0 bridgehead atoms. The van der Waals surface area contributed by atoms with Crippen LogP contribution in [0.15, 0.2) is 4.52 Å². The lowest BCUT2D eigenvalue weighted by atomic mass is 10.2. The number of halogens is 3.